The minimum absolute atomic E-state index is 0.420. The Morgan fingerprint density at radius 3 is 2.63 bits per heavy atom. The van der Waals surface area contributed by atoms with Gasteiger partial charge >= 0.3 is 0 Å². The monoisotopic (exact) mass is 265 g/mol. The van der Waals surface area contributed by atoms with Crippen molar-refractivity contribution in [2.75, 3.05) is 20.3 Å². The summed E-state index contributed by atoms with van der Waals surface area (Å²) in [4.78, 5) is 0. The van der Waals surface area contributed by atoms with Gasteiger partial charge in [0.2, 0.25) is 0 Å². The average molecular weight is 265 g/mol. The fourth-order valence-electron chi connectivity index (χ4n) is 3.12. The van der Waals surface area contributed by atoms with Gasteiger partial charge in [-0.25, -0.2) is 0 Å². The SMILES string of the molecule is CCC(NC)c1c(C)nn(CC2CCOCC2)c1C. The Bertz CT molecular complexity index is 404. The molecular formula is C15H27N3O. The molecule has 0 aromatic carbocycles. The zero-order valence-electron chi connectivity index (χ0n) is 12.7. The van der Waals surface area contributed by atoms with Crippen molar-refractivity contribution < 1.29 is 4.74 Å². The first kappa shape index (κ1) is 14.5. The van der Waals surface area contributed by atoms with E-state index in [2.05, 4.69) is 30.8 Å². The van der Waals surface area contributed by atoms with Crippen molar-refractivity contribution in [2.24, 2.45) is 5.92 Å². The molecule has 1 aromatic heterocycles. The van der Waals surface area contributed by atoms with Crippen LogP contribution in [-0.4, -0.2) is 30.0 Å². The molecule has 0 amide bonds. The van der Waals surface area contributed by atoms with Crippen molar-refractivity contribution >= 4 is 0 Å². The first-order valence-electron chi connectivity index (χ1n) is 7.46. The molecule has 0 bridgehead atoms. The van der Waals surface area contributed by atoms with Crippen LogP contribution in [0.1, 0.15) is 49.2 Å². The fraction of sp³-hybridized carbons (Fsp3) is 0.800. The fourth-order valence-corrected chi connectivity index (χ4v) is 3.12. The molecule has 1 saturated heterocycles. The predicted octanol–water partition coefficient (Wildman–Crippen LogP) is 2.60. The van der Waals surface area contributed by atoms with Gasteiger partial charge in [-0.1, -0.05) is 6.92 Å². The lowest BCUT2D eigenvalue weighted by molar-refractivity contribution is 0.0599. The van der Waals surface area contributed by atoms with Gasteiger partial charge in [0.15, 0.2) is 0 Å². The van der Waals surface area contributed by atoms with E-state index in [1.807, 2.05) is 7.05 Å². The number of hydrogen-bond donors (Lipinski definition) is 1. The third-order valence-corrected chi connectivity index (χ3v) is 4.31. The molecular weight excluding hydrogens is 238 g/mol. The van der Waals surface area contributed by atoms with Crippen LogP contribution in [0.15, 0.2) is 0 Å². The van der Waals surface area contributed by atoms with Crippen LogP contribution in [0.3, 0.4) is 0 Å². The molecule has 2 rings (SSSR count). The molecule has 0 spiro atoms. The molecule has 1 aromatic rings. The van der Waals surface area contributed by atoms with Crippen molar-refractivity contribution in [3.05, 3.63) is 17.0 Å². The molecule has 1 unspecified atom stereocenters. The van der Waals surface area contributed by atoms with E-state index in [-0.39, 0.29) is 0 Å². The Kier molecular flexibility index (Phi) is 4.99. The highest BCUT2D eigenvalue weighted by Gasteiger charge is 2.21. The minimum Gasteiger partial charge on any atom is -0.381 e. The van der Waals surface area contributed by atoms with Gasteiger partial charge in [0.05, 0.1) is 5.69 Å². The molecule has 1 atom stereocenters. The van der Waals surface area contributed by atoms with Crippen molar-refractivity contribution in [3.8, 4) is 0 Å². The molecule has 1 N–H and O–H groups in total. The van der Waals surface area contributed by atoms with Crippen molar-refractivity contribution in [2.45, 2.75) is 52.6 Å². The highest BCUT2D eigenvalue weighted by molar-refractivity contribution is 5.28. The zero-order valence-corrected chi connectivity index (χ0v) is 12.7. The summed E-state index contributed by atoms with van der Waals surface area (Å²) in [5.41, 5.74) is 3.88. The Labute approximate surface area is 116 Å². The van der Waals surface area contributed by atoms with Crippen molar-refractivity contribution in [1.29, 1.82) is 0 Å². The predicted molar refractivity (Wildman–Crippen MR) is 77.3 cm³/mol. The summed E-state index contributed by atoms with van der Waals surface area (Å²) in [6.45, 7) is 9.40. The van der Waals surface area contributed by atoms with E-state index in [1.54, 1.807) is 0 Å². The van der Waals surface area contributed by atoms with Crippen LogP contribution < -0.4 is 5.32 Å². The number of nitrogens with zero attached hydrogens (tertiary/aromatic N) is 2. The summed E-state index contributed by atoms with van der Waals surface area (Å²) in [5, 5.41) is 8.15. The van der Waals surface area contributed by atoms with Gasteiger partial charge in [-0.15, -0.1) is 0 Å². The average Bonchev–Trinajstić information content (AvgIpc) is 2.69. The van der Waals surface area contributed by atoms with E-state index in [9.17, 15) is 0 Å². The first-order chi connectivity index (χ1) is 9.17. The van der Waals surface area contributed by atoms with Crippen LogP contribution in [0.5, 0.6) is 0 Å². The number of rotatable bonds is 5. The number of aryl methyl sites for hydroxylation is 1. The Morgan fingerprint density at radius 2 is 2.05 bits per heavy atom. The molecule has 1 aliphatic heterocycles. The Hall–Kier alpha value is -0.870. The molecule has 4 nitrogen and oxygen atoms in total. The topological polar surface area (TPSA) is 39.1 Å². The largest absolute Gasteiger partial charge is 0.381 e. The van der Waals surface area contributed by atoms with Crippen LogP contribution >= 0.6 is 0 Å². The van der Waals surface area contributed by atoms with Gasteiger partial charge in [0.1, 0.15) is 0 Å². The van der Waals surface area contributed by atoms with E-state index in [1.165, 1.54) is 17.0 Å². The maximum Gasteiger partial charge on any atom is 0.0644 e. The summed E-state index contributed by atoms with van der Waals surface area (Å²) in [6.07, 6.45) is 3.43. The van der Waals surface area contributed by atoms with E-state index in [4.69, 9.17) is 9.84 Å². The molecule has 1 aliphatic rings. The van der Waals surface area contributed by atoms with Crippen molar-refractivity contribution in [3.63, 3.8) is 0 Å². The lowest BCUT2D eigenvalue weighted by Gasteiger charge is -2.22. The van der Waals surface area contributed by atoms with Crippen LogP contribution in [0.4, 0.5) is 0 Å². The van der Waals surface area contributed by atoms with Gasteiger partial charge in [-0.3, -0.25) is 4.68 Å². The first-order valence-corrected chi connectivity index (χ1v) is 7.46. The van der Waals surface area contributed by atoms with E-state index in [0.29, 0.717) is 12.0 Å². The highest BCUT2D eigenvalue weighted by Crippen LogP contribution is 2.25. The van der Waals surface area contributed by atoms with Crippen molar-refractivity contribution in [1.82, 2.24) is 15.1 Å². The normalized spacial score (nSPS) is 18.7. The lowest BCUT2D eigenvalue weighted by Crippen LogP contribution is -2.22. The van der Waals surface area contributed by atoms with Crippen LogP contribution in [0.2, 0.25) is 0 Å². The standard InChI is InChI=1S/C15H27N3O/c1-5-14(16-4)15-11(2)17-18(12(15)3)10-13-6-8-19-9-7-13/h13-14,16H,5-10H2,1-4H3. The van der Waals surface area contributed by atoms with E-state index >= 15 is 0 Å². The number of hydrogen-bond acceptors (Lipinski definition) is 3. The van der Waals surface area contributed by atoms with Gasteiger partial charge in [0, 0.05) is 37.1 Å². The zero-order chi connectivity index (χ0) is 13.8. The molecule has 19 heavy (non-hydrogen) atoms. The maximum absolute atomic E-state index is 5.43. The smallest absolute Gasteiger partial charge is 0.0644 e. The summed E-state index contributed by atoms with van der Waals surface area (Å²) >= 11 is 0. The number of ether oxygens (including phenoxy) is 1. The summed E-state index contributed by atoms with van der Waals surface area (Å²) in [6, 6.07) is 0.420. The molecule has 2 heterocycles. The molecule has 4 heteroatoms. The maximum atomic E-state index is 5.43. The van der Waals surface area contributed by atoms with Gasteiger partial charge < -0.3 is 10.1 Å². The quantitative estimate of drug-likeness (QED) is 0.889. The van der Waals surface area contributed by atoms with Crippen LogP contribution in [0, 0.1) is 19.8 Å². The summed E-state index contributed by atoms with van der Waals surface area (Å²) < 4.78 is 7.64. The highest BCUT2D eigenvalue weighted by atomic mass is 16.5. The lowest BCUT2D eigenvalue weighted by atomic mass is 10.00. The van der Waals surface area contributed by atoms with Gasteiger partial charge in [0.25, 0.3) is 0 Å². The second kappa shape index (κ2) is 6.53. The Balaban J connectivity index is 2.15. The molecule has 0 radical (unpaired) electrons. The van der Waals surface area contributed by atoms with Crippen LogP contribution in [0.25, 0.3) is 0 Å². The number of nitrogens with one attached hydrogen (secondary N) is 1. The van der Waals surface area contributed by atoms with E-state index < -0.39 is 0 Å². The molecule has 108 valence electrons. The molecule has 0 saturated carbocycles. The minimum atomic E-state index is 0.420. The second-order valence-electron chi connectivity index (χ2n) is 5.57. The number of aromatic nitrogens is 2. The van der Waals surface area contributed by atoms with Gasteiger partial charge in [-0.05, 0) is 46.1 Å². The summed E-state index contributed by atoms with van der Waals surface area (Å²) in [5.74, 6) is 0.717. The van der Waals surface area contributed by atoms with Crippen LogP contribution in [-0.2, 0) is 11.3 Å². The third kappa shape index (κ3) is 3.18. The molecule has 0 aliphatic carbocycles. The second-order valence-corrected chi connectivity index (χ2v) is 5.57. The summed E-state index contributed by atoms with van der Waals surface area (Å²) in [7, 11) is 2.03. The van der Waals surface area contributed by atoms with Gasteiger partial charge in [-0.2, -0.15) is 5.10 Å². The Morgan fingerprint density at radius 1 is 1.37 bits per heavy atom. The third-order valence-electron chi connectivity index (χ3n) is 4.31. The van der Waals surface area contributed by atoms with E-state index in [0.717, 1.165) is 39.0 Å². The molecule has 1 fully saturated rings.